The maximum absolute atomic E-state index is 14.1. The highest BCUT2D eigenvalue weighted by atomic mass is 16.5. The van der Waals surface area contributed by atoms with Crippen molar-refractivity contribution in [2.45, 2.75) is 49.8 Å². The number of imidazole rings is 1. The van der Waals surface area contributed by atoms with Gasteiger partial charge >= 0.3 is 0 Å². The average Bonchev–Trinajstić information content (AvgIpc) is 3.39. The standard InChI is InChI=1S/C29H37N5O4/c1-37-20-29(36)14-7-5-11-24(29)34-21-32-26(27(34)22-9-3-2-4-10-22)28(35)33-17-16-30-19-23(33)13-18-38-25-12-6-8-15-31-25/h2-4,6,8-10,12,15,21,23-24,30,36H,5,7,11,13-14,16-20H2,1H3/t23-,24-,29-/m1/s1. The first-order valence-electron chi connectivity index (χ1n) is 13.5. The summed E-state index contributed by atoms with van der Waals surface area (Å²) in [4.78, 5) is 24.9. The largest absolute Gasteiger partial charge is 0.478 e. The Morgan fingerprint density at radius 2 is 2.00 bits per heavy atom. The quantitative estimate of drug-likeness (QED) is 0.447. The van der Waals surface area contributed by atoms with Gasteiger partial charge in [0.15, 0.2) is 5.69 Å². The average molecular weight is 520 g/mol. The van der Waals surface area contributed by atoms with Gasteiger partial charge in [-0.2, -0.15) is 0 Å². The van der Waals surface area contributed by atoms with Crippen LogP contribution in [0.3, 0.4) is 0 Å². The summed E-state index contributed by atoms with van der Waals surface area (Å²) >= 11 is 0. The minimum atomic E-state index is -1.02. The van der Waals surface area contributed by atoms with E-state index in [1.165, 1.54) is 0 Å². The lowest BCUT2D eigenvalue weighted by molar-refractivity contribution is -0.0893. The fraction of sp³-hybridized carbons (Fsp3) is 0.483. The highest BCUT2D eigenvalue weighted by Crippen LogP contribution is 2.41. The Balaban J connectivity index is 1.43. The van der Waals surface area contributed by atoms with Crippen molar-refractivity contribution < 1.29 is 19.4 Å². The molecule has 3 atom stereocenters. The molecule has 202 valence electrons. The molecule has 1 amide bonds. The highest BCUT2D eigenvalue weighted by Gasteiger charge is 2.42. The van der Waals surface area contributed by atoms with E-state index >= 15 is 0 Å². The smallest absolute Gasteiger partial charge is 0.275 e. The van der Waals surface area contributed by atoms with Crippen molar-refractivity contribution in [3.8, 4) is 17.1 Å². The number of aromatic nitrogens is 3. The van der Waals surface area contributed by atoms with Crippen LogP contribution in [0.1, 0.15) is 48.6 Å². The van der Waals surface area contributed by atoms with Gasteiger partial charge in [0.2, 0.25) is 5.88 Å². The number of nitrogens with one attached hydrogen (secondary N) is 1. The van der Waals surface area contributed by atoms with E-state index in [1.807, 2.05) is 58.0 Å². The lowest BCUT2D eigenvalue weighted by Crippen LogP contribution is -2.54. The lowest BCUT2D eigenvalue weighted by atomic mass is 9.80. The van der Waals surface area contributed by atoms with Crippen molar-refractivity contribution in [3.63, 3.8) is 0 Å². The first kappa shape index (κ1) is 26.3. The fourth-order valence-corrected chi connectivity index (χ4v) is 5.81. The molecule has 3 heterocycles. The molecule has 0 radical (unpaired) electrons. The Hall–Kier alpha value is -3.27. The van der Waals surface area contributed by atoms with Gasteiger partial charge in [0.25, 0.3) is 5.91 Å². The first-order valence-corrected chi connectivity index (χ1v) is 13.5. The number of nitrogens with zero attached hydrogens (tertiary/aromatic N) is 4. The Morgan fingerprint density at radius 3 is 2.79 bits per heavy atom. The van der Waals surface area contributed by atoms with Crippen LogP contribution in [0.25, 0.3) is 11.3 Å². The highest BCUT2D eigenvalue weighted by molar-refractivity contribution is 5.98. The summed E-state index contributed by atoms with van der Waals surface area (Å²) < 4.78 is 13.3. The zero-order valence-electron chi connectivity index (χ0n) is 22.0. The number of benzene rings is 1. The van der Waals surface area contributed by atoms with E-state index in [0.717, 1.165) is 37.1 Å². The molecule has 2 aromatic heterocycles. The predicted octanol–water partition coefficient (Wildman–Crippen LogP) is 3.32. The molecule has 2 fully saturated rings. The molecule has 9 heteroatoms. The molecule has 5 rings (SSSR count). The molecular formula is C29H37N5O4. The van der Waals surface area contributed by atoms with E-state index in [-0.39, 0.29) is 24.6 Å². The Bertz CT molecular complexity index is 1180. The van der Waals surface area contributed by atoms with Gasteiger partial charge in [0, 0.05) is 57.0 Å². The van der Waals surface area contributed by atoms with E-state index in [0.29, 0.717) is 44.1 Å². The minimum absolute atomic E-state index is 0.0335. The number of aliphatic hydroxyl groups is 1. The van der Waals surface area contributed by atoms with Crippen LogP contribution in [0.4, 0.5) is 0 Å². The number of hydrogen-bond acceptors (Lipinski definition) is 7. The van der Waals surface area contributed by atoms with Crippen molar-refractivity contribution in [1.82, 2.24) is 24.8 Å². The molecule has 9 nitrogen and oxygen atoms in total. The molecule has 0 unspecified atom stereocenters. The number of ether oxygens (including phenoxy) is 2. The number of methoxy groups -OCH3 is 1. The van der Waals surface area contributed by atoms with E-state index < -0.39 is 5.60 Å². The zero-order valence-corrected chi connectivity index (χ0v) is 22.0. The lowest BCUT2D eigenvalue weighted by Gasteiger charge is -2.41. The molecule has 2 N–H and O–H groups in total. The van der Waals surface area contributed by atoms with Gasteiger partial charge in [-0.15, -0.1) is 0 Å². The second kappa shape index (κ2) is 12.1. The van der Waals surface area contributed by atoms with Gasteiger partial charge in [-0.05, 0) is 18.9 Å². The molecule has 3 aromatic rings. The predicted molar refractivity (Wildman–Crippen MR) is 144 cm³/mol. The molecule has 1 saturated carbocycles. The van der Waals surface area contributed by atoms with Crippen LogP contribution >= 0.6 is 0 Å². The van der Waals surface area contributed by atoms with Crippen LogP contribution < -0.4 is 10.1 Å². The molecule has 1 aromatic carbocycles. The summed E-state index contributed by atoms with van der Waals surface area (Å²) in [7, 11) is 1.62. The van der Waals surface area contributed by atoms with Crippen molar-refractivity contribution in [3.05, 3.63) is 66.7 Å². The number of carbonyl (C=O) groups excluding carboxylic acids is 1. The van der Waals surface area contributed by atoms with Gasteiger partial charge in [-0.3, -0.25) is 4.79 Å². The molecule has 1 saturated heterocycles. The van der Waals surface area contributed by atoms with Crippen LogP contribution in [0, 0.1) is 0 Å². The third-order valence-corrected chi connectivity index (χ3v) is 7.68. The Morgan fingerprint density at radius 1 is 1.16 bits per heavy atom. The second-order valence-electron chi connectivity index (χ2n) is 10.2. The second-order valence-corrected chi connectivity index (χ2v) is 10.2. The van der Waals surface area contributed by atoms with E-state index in [2.05, 4.69) is 15.3 Å². The van der Waals surface area contributed by atoms with Crippen molar-refractivity contribution in [2.75, 3.05) is 40.0 Å². The molecule has 38 heavy (non-hydrogen) atoms. The van der Waals surface area contributed by atoms with Crippen LogP contribution in [0.2, 0.25) is 0 Å². The molecule has 0 bridgehead atoms. The molecular weight excluding hydrogens is 482 g/mol. The third-order valence-electron chi connectivity index (χ3n) is 7.68. The Kier molecular flexibility index (Phi) is 8.36. The summed E-state index contributed by atoms with van der Waals surface area (Å²) in [6, 6.07) is 15.2. The minimum Gasteiger partial charge on any atom is -0.478 e. The SMILES string of the molecule is COC[C@]1(O)CCCC[C@H]1n1cnc(C(=O)N2CCNC[C@H]2CCOc2ccccn2)c1-c1ccccc1. The molecule has 1 aliphatic carbocycles. The van der Waals surface area contributed by atoms with Gasteiger partial charge in [-0.1, -0.05) is 49.2 Å². The molecule has 1 aliphatic heterocycles. The number of pyridine rings is 1. The summed E-state index contributed by atoms with van der Waals surface area (Å²) in [5.41, 5.74) is 1.06. The summed E-state index contributed by atoms with van der Waals surface area (Å²) in [6.45, 7) is 2.70. The van der Waals surface area contributed by atoms with Crippen LogP contribution in [-0.4, -0.2) is 82.0 Å². The van der Waals surface area contributed by atoms with Gasteiger partial charge in [0.05, 0.1) is 31.3 Å². The number of rotatable bonds is 9. The fourth-order valence-electron chi connectivity index (χ4n) is 5.81. The van der Waals surface area contributed by atoms with Gasteiger partial charge < -0.3 is 29.4 Å². The third kappa shape index (κ3) is 5.60. The zero-order chi connectivity index (χ0) is 26.4. The first-order chi connectivity index (χ1) is 18.6. The van der Waals surface area contributed by atoms with Gasteiger partial charge in [-0.25, -0.2) is 9.97 Å². The van der Waals surface area contributed by atoms with Crippen LogP contribution in [-0.2, 0) is 4.74 Å². The summed E-state index contributed by atoms with van der Waals surface area (Å²) in [5, 5.41) is 15.0. The maximum Gasteiger partial charge on any atom is 0.275 e. The van der Waals surface area contributed by atoms with Crippen molar-refractivity contribution in [2.24, 2.45) is 0 Å². The van der Waals surface area contributed by atoms with Crippen molar-refractivity contribution in [1.29, 1.82) is 0 Å². The van der Waals surface area contributed by atoms with E-state index in [4.69, 9.17) is 9.47 Å². The summed E-state index contributed by atoms with van der Waals surface area (Å²) in [5.74, 6) is 0.480. The van der Waals surface area contributed by atoms with E-state index in [9.17, 15) is 9.90 Å². The van der Waals surface area contributed by atoms with Crippen LogP contribution in [0.5, 0.6) is 5.88 Å². The number of amides is 1. The van der Waals surface area contributed by atoms with Crippen molar-refractivity contribution >= 4 is 5.91 Å². The maximum atomic E-state index is 14.1. The number of piperazine rings is 1. The van der Waals surface area contributed by atoms with E-state index in [1.54, 1.807) is 19.6 Å². The number of hydrogen-bond donors (Lipinski definition) is 2. The number of carbonyl (C=O) groups is 1. The molecule has 0 spiro atoms. The monoisotopic (exact) mass is 519 g/mol. The van der Waals surface area contributed by atoms with Gasteiger partial charge in [0.1, 0.15) is 5.60 Å². The molecule has 2 aliphatic rings. The normalized spacial score (nSPS) is 23.8. The summed E-state index contributed by atoms with van der Waals surface area (Å²) in [6.07, 6.45) is 7.50. The Labute approximate surface area is 223 Å². The van der Waals surface area contributed by atoms with Crippen LogP contribution in [0.15, 0.2) is 61.1 Å². The topological polar surface area (TPSA) is 102 Å².